The molecule has 1 atom stereocenters. The summed E-state index contributed by atoms with van der Waals surface area (Å²) in [6, 6.07) is 8.10. The number of nitrogens with zero attached hydrogens (tertiary/aromatic N) is 7. The van der Waals surface area contributed by atoms with Crippen molar-refractivity contribution in [3.05, 3.63) is 47.4 Å². The largest absolute Gasteiger partial charge is 0.443 e. The van der Waals surface area contributed by atoms with Crippen molar-refractivity contribution in [2.45, 2.75) is 110 Å². The summed E-state index contributed by atoms with van der Waals surface area (Å²) in [7, 11) is -2.14. The zero-order chi connectivity index (χ0) is 37.5. The topological polar surface area (TPSA) is 131 Å². The number of anilines is 3. The van der Waals surface area contributed by atoms with Crippen LogP contribution in [0.3, 0.4) is 0 Å². The lowest BCUT2D eigenvalue weighted by atomic mass is 9.83. The number of nitriles is 1. The number of aryl methyl sites for hydroxylation is 1. The quantitative estimate of drug-likeness (QED) is 0.197. The molecule has 0 unspecified atom stereocenters. The Morgan fingerprint density at radius 3 is 2.54 bits per heavy atom. The lowest BCUT2D eigenvalue weighted by Crippen LogP contribution is -2.46. The molecule has 0 radical (unpaired) electrons. The monoisotopic (exact) mass is 728 g/mol. The number of benzene rings is 1. The molecular weight excluding hydrogens is 673 g/mol. The highest BCUT2D eigenvalue weighted by atomic mass is 28.4. The lowest BCUT2D eigenvalue weighted by Gasteiger charge is -2.39. The fraction of sp³-hybridized carbons (Fsp3) is 0.615. The van der Waals surface area contributed by atoms with Gasteiger partial charge in [-0.1, -0.05) is 40.5 Å². The average Bonchev–Trinajstić information content (AvgIpc) is 3.77. The van der Waals surface area contributed by atoms with E-state index in [1.54, 1.807) is 11.1 Å². The normalized spacial score (nSPS) is 19.7. The number of nitrogens with one attached hydrogen (secondary N) is 1. The van der Waals surface area contributed by atoms with Gasteiger partial charge in [-0.15, -0.1) is 0 Å². The van der Waals surface area contributed by atoms with Crippen LogP contribution in [0.1, 0.15) is 84.5 Å². The smallest absolute Gasteiger partial charge is 0.414 e. The van der Waals surface area contributed by atoms with Gasteiger partial charge in [0, 0.05) is 56.5 Å². The van der Waals surface area contributed by atoms with Crippen LogP contribution in [0.15, 0.2) is 30.6 Å². The Hall–Kier alpha value is -3.83. The van der Waals surface area contributed by atoms with Crippen LogP contribution in [-0.4, -0.2) is 84.1 Å². The number of morpholine rings is 1. The molecule has 0 bridgehead atoms. The van der Waals surface area contributed by atoms with Gasteiger partial charge in [0.2, 0.25) is 5.95 Å². The van der Waals surface area contributed by atoms with Gasteiger partial charge in [0.1, 0.15) is 11.7 Å². The summed E-state index contributed by atoms with van der Waals surface area (Å²) in [6.45, 7) is 24.4. The maximum atomic E-state index is 13.7. The van der Waals surface area contributed by atoms with Gasteiger partial charge >= 0.3 is 6.09 Å². The minimum Gasteiger partial charge on any atom is -0.443 e. The molecule has 1 amide bonds. The summed E-state index contributed by atoms with van der Waals surface area (Å²) in [6.07, 6.45) is 6.88. The molecule has 280 valence electrons. The number of hydrogen-bond acceptors (Lipinski definition) is 10. The van der Waals surface area contributed by atoms with Crippen LogP contribution in [0.2, 0.25) is 18.1 Å². The van der Waals surface area contributed by atoms with Crippen molar-refractivity contribution < 1.29 is 18.7 Å². The van der Waals surface area contributed by atoms with Crippen molar-refractivity contribution in [2.24, 2.45) is 5.92 Å². The van der Waals surface area contributed by atoms with Crippen LogP contribution in [-0.2, 0) is 32.4 Å². The molecule has 1 saturated carbocycles. The van der Waals surface area contributed by atoms with Gasteiger partial charge in [-0.05, 0) is 75.0 Å². The van der Waals surface area contributed by atoms with Gasteiger partial charge in [-0.3, -0.25) is 14.5 Å². The van der Waals surface area contributed by atoms with Crippen molar-refractivity contribution in [1.29, 1.82) is 5.26 Å². The molecule has 1 aliphatic carbocycles. The third-order valence-electron chi connectivity index (χ3n) is 10.9. The molecule has 52 heavy (non-hydrogen) atoms. The van der Waals surface area contributed by atoms with E-state index in [1.165, 1.54) is 12.8 Å². The van der Waals surface area contributed by atoms with Crippen LogP contribution in [0.5, 0.6) is 0 Å². The van der Waals surface area contributed by atoms with Gasteiger partial charge in [0.05, 0.1) is 47.7 Å². The Kier molecular flexibility index (Phi) is 10.6. The van der Waals surface area contributed by atoms with Gasteiger partial charge in [-0.2, -0.15) is 10.4 Å². The minimum absolute atomic E-state index is 0.00937. The van der Waals surface area contributed by atoms with Crippen LogP contribution >= 0.6 is 0 Å². The first-order valence-electron chi connectivity index (χ1n) is 18.6. The number of aromatic nitrogens is 4. The van der Waals surface area contributed by atoms with Gasteiger partial charge in [-0.25, -0.2) is 14.8 Å². The molecule has 6 rings (SSSR count). The second kappa shape index (κ2) is 14.5. The van der Waals surface area contributed by atoms with E-state index in [0.717, 1.165) is 74.2 Å². The van der Waals surface area contributed by atoms with E-state index < -0.39 is 25.4 Å². The maximum absolute atomic E-state index is 13.7. The van der Waals surface area contributed by atoms with Crippen molar-refractivity contribution in [2.75, 3.05) is 49.7 Å². The van der Waals surface area contributed by atoms with Gasteiger partial charge < -0.3 is 19.2 Å². The first kappa shape index (κ1) is 37.9. The SMILES string of the molecule is CC(C)(C)OC(=O)N1C[C@](C)(CO[Si](C)(C)C(C)(C)C)c2cc(-c3ccnc(Nc4cnn(CCC5CC5)c4CN4CCOCC4)n3)cc(C#N)c21. The summed E-state index contributed by atoms with van der Waals surface area (Å²) in [4.78, 5) is 27.2. The maximum Gasteiger partial charge on any atom is 0.414 e. The van der Waals surface area contributed by atoms with Crippen LogP contribution in [0.25, 0.3) is 11.3 Å². The molecule has 3 aliphatic rings. The summed E-state index contributed by atoms with van der Waals surface area (Å²) >= 11 is 0. The van der Waals surface area contributed by atoms with Crippen LogP contribution < -0.4 is 10.2 Å². The lowest BCUT2D eigenvalue weighted by molar-refractivity contribution is 0.0331. The number of ether oxygens (including phenoxy) is 2. The number of carbonyl (C=O) groups is 1. The van der Waals surface area contributed by atoms with Gasteiger partial charge in [0.25, 0.3) is 0 Å². The molecule has 2 aliphatic heterocycles. The molecule has 4 heterocycles. The van der Waals surface area contributed by atoms with E-state index in [1.807, 2.05) is 39.1 Å². The molecule has 2 fully saturated rings. The number of amides is 1. The van der Waals surface area contributed by atoms with Crippen molar-refractivity contribution in [3.8, 4) is 17.3 Å². The van der Waals surface area contributed by atoms with E-state index in [4.69, 9.17) is 24.0 Å². The highest BCUT2D eigenvalue weighted by Crippen LogP contribution is 2.47. The second-order valence-electron chi connectivity index (χ2n) is 17.4. The molecule has 2 aromatic heterocycles. The summed E-state index contributed by atoms with van der Waals surface area (Å²) < 4.78 is 20.4. The molecule has 0 spiro atoms. The third kappa shape index (κ3) is 8.52. The molecule has 1 saturated heterocycles. The Balaban J connectivity index is 1.34. The second-order valence-corrected chi connectivity index (χ2v) is 22.3. The fourth-order valence-corrected chi connectivity index (χ4v) is 7.65. The summed E-state index contributed by atoms with van der Waals surface area (Å²) in [5.74, 6) is 1.25. The predicted octanol–water partition coefficient (Wildman–Crippen LogP) is 7.62. The summed E-state index contributed by atoms with van der Waals surface area (Å²) in [5, 5.41) is 18.8. The van der Waals surface area contributed by atoms with E-state index in [0.29, 0.717) is 36.0 Å². The highest BCUT2D eigenvalue weighted by molar-refractivity contribution is 6.74. The Morgan fingerprint density at radius 2 is 1.88 bits per heavy atom. The van der Waals surface area contributed by atoms with Crippen LogP contribution in [0, 0.1) is 17.2 Å². The van der Waals surface area contributed by atoms with Crippen molar-refractivity contribution in [3.63, 3.8) is 0 Å². The van der Waals surface area contributed by atoms with E-state index in [9.17, 15) is 10.1 Å². The Bertz CT molecular complexity index is 1810. The fourth-order valence-electron chi connectivity index (χ4n) is 6.54. The van der Waals surface area contributed by atoms with Crippen LogP contribution in [0.4, 0.5) is 22.1 Å². The van der Waals surface area contributed by atoms with E-state index in [-0.39, 0.29) is 5.04 Å². The van der Waals surface area contributed by atoms with Gasteiger partial charge in [0.15, 0.2) is 8.32 Å². The third-order valence-corrected chi connectivity index (χ3v) is 15.4. The first-order valence-corrected chi connectivity index (χ1v) is 21.6. The molecule has 13 heteroatoms. The first-order chi connectivity index (χ1) is 24.5. The van der Waals surface area contributed by atoms with Crippen molar-refractivity contribution >= 4 is 31.7 Å². The Labute approximate surface area is 310 Å². The van der Waals surface area contributed by atoms with E-state index >= 15 is 0 Å². The number of hydrogen-bond donors (Lipinski definition) is 1. The molecule has 3 aromatic rings. The molecule has 1 aromatic carbocycles. The standard InChI is InChI=1S/C39H56N8O4Si/c1-37(2,3)51-36(48)46-25-39(7,26-50-52(8,9)38(4,5)6)30-21-28(20-29(22-40)34(30)46)31-12-14-41-35(43-31)44-32-23-42-47(15-13-27-10-11-27)33(32)24-45-16-18-49-19-17-45/h12,14,20-21,23,27H,10-11,13,15-19,24-26H2,1-9H3,(H,41,43,44)/t39-/m1/s1. The molecular formula is C39H56N8O4Si. The van der Waals surface area contributed by atoms with E-state index in [2.05, 4.69) is 72.8 Å². The van der Waals surface area contributed by atoms with Crippen molar-refractivity contribution in [1.82, 2.24) is 24.6 Å². The zero-order valence-corrected chi connectivity index (χ0v) is 33.5. The number of carbonyl (C=O) groups excluding carboxylic acids is 1. The molecule has 1 N–H and O–H groups in total. The number of rotatable bonds is 11. The number of fused-ring (bicyclic) bond motifs is 1. The predicted molar refractivity (Wildman–Crippen MR) is 205 cm³/mol. The zero-order valence-electron chi connectivity index (χ0n) is 32.5. The summed E-state index contributed by atoms with van der Waals surface area (Å²) in [5.41, 5.74) is 3.95. The Morgan fingerprint density at radius 1 is 1.15 bits per heavy atom. The molecule has 12 nitrogen and oxygen atoms in total. The average molecular weight is 729 g/mol. The highest BCUT2D eigenvalue weighted by Gasteiger charge is 2.47. The minimum atomic E-state index is -2.14.